The average molecular weight is 296 g/mol. The number of β-amino-alcohol motifs (C(OH)–C–C–N with tert-alkyl or cyclic N) is 1. The third-order valence-corrected chi connectivity index (χ3v) is 3.82. The summed E-state index contributed by atoms with van der Waals surface area (Å²) in [5, 5.41) is 9.00. The number of rotatable bonds is 5. The van der Waals surface area contributed by atoms with E-state index in [-0.39, 0.29) is 12.5 Å². The maximum atomic E-state index is 11.6. The second-order valence-electron chi connectivity index (χ2n) is 5.35. The molecule has 0 unspecified atom stereocenters. The van der Waals surface area contributed by atoms with Crippen LogP contribution in [-0.4, -0.2) is 60.1 Å². The van der Waals surface area contributed by atoms with Gasteiger partial charge in [-0.15, -0.1) is 0 Å². The largest absolute Gasteiger partial charge is 0.464 e. The molecule has 0 saturated carbocycles. The molecule has 1 aliphatic rings. The normalized spacial score (nSPS) is 17.7. The van der Waals surface area contributed by atoms with Crippen molar-refractivity contribution in [2.24, 2.45) is 5.84 Å². The zero-order valence-electron chi connectivity index (χ0n) is 12.5. The van der Waals surface area contributed by atoms with Gasteiger partial charge in [0.15, 0.2) is 0 Å². The second-order valence-corrected chi connectivity index (χ2v) is 5.35. The van der Waals surface area contributed by atoms with Gasteiger partial charge in [0, 0.05) is 19.6 Å². The molecule has 0 spiro atoms. The highest BCUT2D eigenvalue weighted by Gasteiger charge is 2.18. The van der Waals surface area contributed by atoms with Gasteiger partial charge >= 0.3 is 0 Å². The first-order valence-corrected chi connectivity index (χ1v) is 7.30. The standard InChI is InChI=1S/C14H24N4O3/c1-11-13(14(20)16-15)9-12(21-11)10-18-4-2-3-17(5-6-18)7-8-19/h9,19H,2-8,10,15H2,1H3,(H,16,20). The number of hydrogen-bond donors (Lipinski definition) is 3. The van der Waals surface area contributed by atoms with Crippen LogP contribution in [0.25, 0.3) is 0 Å². The highest BCUT2D eigenvalue weighted by molar-refractivity contribution is 5.94. The molecule has 21 heavy (non-hydrogen) atoms. The number of amides is 1. The Kier molecular flexibility index (Phi) is 5.75. The van der Waals surface area contributed by atoms with Gasteiger partial charge in [-0.2, -0.15) is 0 Å². The Morgan fingerprint density at radius 3 is 2.81 bits per heavy atom. The number of nitrogen functional groups attached to an aromatic ring is 1. The van der Waals surface area contributed by atoms with E-state index in [1.54, 1.807) is 13.0 Å². The number of carbonyl (C=O) groups is 1. The van der Waals surface area contributed by atoms with E-state index in [4.69, 9.17) is 15.4 Å². The van der Waals surface area contributed by atoms with Crippen molar-refractivity contribution in [2.75, 3.05) is 39.3 Å². The van der Waals surface area contributed by atoms with Gasteiger partial charge in [-0.25, -0.2) is 5.84 Å². The first-order valence-electron chi connectivity index (χ1n) is 7.30. The van der Waals surface area contributed by atoms with E-state index in [1.807, 2.05) is 0 Å². The highest BCUT2D eigenvalue weighted by atomic mass is 16.3. The minimum atomic E-state index is -0.326. The van der Waals surface area contributed by atoms with E-state index in [0.717, 1.165) is 44.9 Å². The number of furan rings is 1. The number of aryl methyl sites for hydroxylation is 1. The SMILES string of the molecule is Cc1oc(CN2CCCN(CCO)CC2)cc1C(=O)NN. The molecule has 2 rings (SSSR count). The summed E-state index contributed by atoms with van der Waals surface area (Å²) >= 11 is 0. The predicted molar refractivity (Wildman–Crippen MR) is 78.5 cm³/mol. The Labute approximate surface area is 124 Å². The van der Waals surface area contributed by atoms with E-state index in [1.165, 1.54) is 0 Å². The molecule has 118 valence electrons. The lowest BCUT2D eigenvalue weighted by molar-refractivity contribution is 0.0952. The van der Waals surface area contributed by atoms with Crippen LogP contribution in [0.3, 0.4) is 0 Å². The van der Waals surface area contributed by atoms with Crippen molar-refractivity contribution in [3.63, 3.8) is 0 Å². The van der Waals surface area contributed by atoms with Crippen molar-refractivity contribution in [3.8, 4) is 0 Å². The highest BCUT2D eigenvalue weighted by Crippen LogP contribution is 2.17. The van der Waals surface area contributed by atoms with Gasteiger partial charge < -0.3 is 9.52 Å². The second kappa shape index (κ2) is 7.56. The Bertz CT molecular complexity index is 475. The average Bonchev–Trinajstić information content (AvgIpc) is 2.69. The van der Waals surface area contributed by atoms with Crippen molar-refractivity contribution >= 4 is 5.91 Å². The quantitative estimate of drug-likeness (QED) is 0.392. The molecule has 0 aliphatic carbocycles. The van der Waals surface area contributed by atoms with Crippen LogP contribution < -0.4 is 11.3 Å². The fraction of sp³-hybridized carbons (Fsp3) is 0.643. The van der Waals surface area contributed by atoms with Crippen LogP contribution in [0.2, 0.25) is 0 Å². The molecular formula is C14H24N4O3. The van der Waals surface area contributed by atoms with Crippen LogP contribution in [-0.2, 0) is 6.54 Å². The van der Waals surface area contributed by atoms with Gasteiger partial charge in [-0.05, 0) is 32.5 Å². The number of nitrogens with one attached hydrogen (secondary N) is 1. The Hall–Kier alpha value is -1.41. The van der Waals surface area contributed by atoms with Crippen LogP contribution in [0.4, 0.5) is 0 Å². The van der Waals surface area contributed by atoms with E-state index in [9.17, 15) is 4.79 Å². The predicted octanol–water partition coefficient (Wildman–Crippen LogP) is -0.308. The van der Waals surface area contributed by atoms with Crippen molar-refractivity contribution in [2.45, 2.75) is 19.9 Å². The van der Waals surface area contributed by atoms with E-state index in [2.05, 4.69) is 15.2 Å². The summed E-state index contributed by atoms with van der Waals surface area (Å²) in [4.78, 5) is 16.1. The molecule has 7 nitrogen and oxygen atoms in total. The maximum absolute atomic E-state index is 11.6. The minimum absolute atomic E-state index is 0.203. The monoisotopic (exact) mass is 296 g/mol. The van der Waals surface area contributed by atoms with Crippen LogP contribution in [0.1, 0.15) is 28.3 Å². The Morgan fingerprint density at radius 1 is 1.38 bits per heavy atom. The van der Waals surface area contributed by atoms with Gasteiger partial charge in [-0.1, -0.05) is 0 Å². The molecule has 0 bridgehead atoms. The zero-order valence-corrected chi connectivity index (χ0v) is 12.5. The first-order chi connectivity index (χ1) is 10.1. The van der Waals surface area contributed by atoms with Gasteiger partial charge in [0.1, 0.15) is 11.5 Å². The summed E-state index contributed by atoms with van der Waals surface area (Å²) in [7, 11) is 0. The number of hydrogen-bond acceptors (Lipinski definition) is 6. The summed E-state index contributed by atoms with van der Waals surface area (Å²) in [6.07, 6.45) is 1.07. The third-order valence-electron chi connectivity index (χ3n) is 3.82. The molecule has 1 aromatic rings. The van der Waals surface area contributed by atoms with Gasteiger partial charge in [0.25, 0.3) is 5.91 Å². The van der Waals surface area contributed by atoms with E-state index in [0.29, 0.717) is 17.9 Å². The molecule has 1 aliphatic heterocycles. The molecule has 4 N–H and O–H groups in total. The molecule has 1 saturated heterocycles. The van der Waals surface area contributed by atoms with Crippen LogP contribution in [0.5, 0.6) is 0 Å². The number of nitrogens with zero attached hydrogens (tertiary/aromatic N) is 2. The van der Waals surface area contributed by atoms with Gasteiger partial charge in [-0.3, -0.25) is 20.0 Å². The Balaban J connectivity index is 1.94. The van der Waals surface area contributed by atoms with Gasteiger partial charge in [0.2, 0.25) is 0 Å². The van der Waals surface area contributed by atoms with Crippen molar-refractivity contribution in [3.05, 3.63) is 23.2 Å². The topological polar surface area (TPSA) is 95.0 Å². The fourth-order valence-corrected chi connectivity index (χ4v) is 2.69. The zero-order chi connectivity index (χ0) is 15.2. The van der Waals surface area contributed by atoms with Crippen LogP contribution in [0.15, 0.2) is 10.5 Å². The van der Waals surface area contributed by atoms with Crippen molar-refractivity contribution < 1.29 is 14.3 Å². The summed E-state index contributed by atoms with van der Waals surface area (Å²) in [5.74, 6) is 6.19. The molecular weight excluding hydrogens is 272 g/mol. The summed E-state index contributed by atoms with van der Waals surface area (Å²) in [5.41, 5.74) is 2.62. The number of hydrazine groups is 1. The number of aliphatic hydroxyl groups excluding tert-OH is 1. The molecule has 1 fully saturated rings. The smallest absolute Gasteiger partial charge is 0.268 e. The molecule has 2 heterocycles. The lowest BCUT2D eigenvalue weighted by Gasteiger charge is -2.20. The Morgan fingerprint density at radius 2 is 2.10 bits per heavy atom. The molecule has 0 atom stereocenters. The fourth-order valence-electron chi connectivity index (χ4n) is 2.69. The third kappa shape index (κ3) is 4.28. The summed E-state index contributed by atoms with van der Waals surface area (Å²) < 4.78 is 5.64. The molecule has 7 heteroatoms. The lowest BCUT2D eigenvalue weighted by Crippen LogP contribution is -2.32. The van der Waals surface area contributed by atoms with E-state index < -0.39 is 0 Å². The van der Waals surface area contributed by atoms with E-state index >= 15 is 0 Å². The number of carbonyl (C=O) groups excluding carboxylic acids is 1. The molecule has 1 aromatic heterocycles. The first kappa shape index (κ1) is 16.0. The summed E-state index contributed by atoms with van der Waals surface area (Å²) in [6.45, 7) is 7.25. The molecule has 1 amide bonds. The molecule has 0 radical (unpaired) electrons. The van der Waals surface area contributed by atoms with Crippen LogP contribution >= 0.6 is 0 Å². The summed E-state index contributed by atoms with van der Waals surface area (Å²) in [6, 6.07) is 1.76. The van der Waals surface area contributed by atoms with Crippen molar-refractivity contribution in [1.82, 2.24) is 15.2 Å². The van der Waals surface area contributed by atoms with Crippen molar-refractivity contribution in [1.29, 1.82) is 0 Å². The maximum Gasteiger partial charge on any atom is 0.268 e. The minimum Gasteiger partial charge on any atom is -0.464 e. The van der Waals surface area contributed by atoms with Gasteiger partial charge in [0.05, 0.1) is 18.7 Å². The lowest BCUT2D eigenvalue weighted by atomic mass is 10.2. The number of aliphatic hydroxyl groups is 1. The van der Waals surface area contributed by atoms with Crippen LogP contribution in [0, 0.1) is 6.92 Å². The molecule has 0 aromatic carbocycles. The number of nitrogens with two attached hydrogens (primary N) is 1.